The van der Waals surface area contributed by atoms with Crippen molar-refractivity contribution in [3.8, 4) is 0 Å². The van der Waals surface area contributed by atoms with Crippen LogP contribution >= 0.6 is 23.2 Å². The lowest BCUT2D eigenvalue weighted by Crippen LogP contribution is -2.49. The fourth-order valence-electron chi connectivity index (χ4n) is 3.53. The first-order valence-electron chi connectivity index (χ1n) is 9.20. The van der Waals surface area contributed by atoms with Crippen LogP contribution in [0, 0.1) is 13.8 Å². The molecule has 0 unspecified atom stereocenters. The minimum Gasteiger partial charge on any atom is -0.360 e. The van der Waals surface area contributed by atoms with Crippen molar-refractivity contribution in [1.29, 1.82) is 0 Å². The number of hydrogen-bond acceptors (Lipinski definition) is 7. The van der Waals surface area contributed by atoms with Crippen LogP contribution in [-0.2, 0) is 16.7 Å². The Morgan fingerprint density at radius 1 is 1.10 bits per heavy atom. The average molecular weight is 472 g/mol. The van der Waals surface area contributed by atoms with Crippen LogP contribution in [0.5, 0.6) is 0 Å². The van der Waals surface area contributed by atoms with Gasteiger partial charge in [0.15, 0.2) is 5.52 Å². The minimum absolute atomic E-state index is 0.103. The lowest BCUT2D eigenvalue weighted by atomic mass is 10.2. The number of sulfonamides is 1. The van der Waals surface area contributed by atoms with E-state index in [1.54, 1.807) is 13.8 Å². The SMILES string of the molecule is Cc1nn(CN2CCN(S(=O)(=O)c3ccc(Cl)c(Cl)c3)CC2)c(=O)c2noc(C)c12. The third-order valence-electron chi connectivity index (χ3n) is 5.13. The summed E-state index contributed by atoms with van der Waals surface area (Å²) in [5, 5.41) is 9.34. The summed E-state index contributed by atoms with van der Waals surface area (Å²) in [5.74, 6) is 0.556. The molecule has 0 atom stereocenters. The van der Waals surface area contributed by atoms with Gasteiger partial charge in [-0.2, -0.15) is 9.40 Å². The van der Waals surface area contributed by atoms with Gasteiger partial charge in [0.25, 0.3) is 5.56 Å². The van der Waals surface area contributed by atoms with E-state index in [1.807, 2.05) is 4.90 Å². The molecule has 2 aromatic heterocycles. The monoisotopic (exact) mass is 471 g/mol. The second-order valence-electron chi connectivity index (χ2n) is 7.09. The number of nitrogens with zero attached hydrogens (tertiary/aromatic N) is 5. The summed E-state index contributed by atoms with van der Waals surface area (Å²) in [4.78, 5) is 14.7. The van der Waals surface area contributed by atoms with Crippen molar-refractivity contribution in [2.24, 2.45) is 0 Å². The number of hydrogen-bond donors (Lipinski definition) is 0. The molecule has 9 nitrogen and oxygen atoms in total. The molecule has 0 amide bonds. The Morgan fingerprint density at radius 2 is 1.80 bits per heavy atom. The van der Waals surface area contributed by atoms with Crippen LogP contribution in [0.25, 0.3) is 10.9 Å². The number of rotatable bonds is 4. The molecule has 1 aliphatic rings. The highest BCUT2D eigenvalue weighted by atomic mass is 35.5. The zero-order valence-corrected chi connectivity index (χ0v) is 18.6. The van der Waals surface area contributed by atoms with Crippen molar-refractivity contribution in [2.75, 3.05) is 26.2 Å². The van der Waals surface area contributed by atoms with E-state index in [-0.39, 0.29) is 40.8 Å². The summed E-state index contributed by atoms with van der Waals surface area (Å²) in [6, 6.07) is 4.26. The Labute approximate surface area is 182 Å². The molecule has 1 aliphatic heterocycles. The molecule has 1 aromatic carbocycles. The van der Waals surface area contributed by atoms with Crippen LogP contribution in [0.2, 0.25) is 10.0 Å². The largest absolute Gasteiger partial charge is 0.360 e. The Morgan fingerprint density at radius 3 is 2.47 bits per heavy atom. The molecule has 0 bridgehead atoms. The van der Waals surface area contributed by atoms with Gasteiger partial charge < -0.3 is 4.52 Å². The first kappa shape index (κ1) is 21.3. The van der Waals surface area contributed by atoms with Crippen molar-refractivity contribution >= 4 is 44.1 Å². The van der Waals surface area contributed by atoms with Crippen LogP contribution in [0.1, 0.15) is 11.5 Å². The summed E-state index contributed by atoms with van der Waals surface area (Å²) in [5.41, 5.74) is 0.573. The molecular weight excluding hydrogens is 453 g/mol. The van der Waals surface area contributed by atoms with Crippen LogP contribution < -0.4 is 5.56 Å². The van der Waals surface area contributed by atoms with E-state index < -0.39 is 10.0 Å². The molecule has 1 fully saturated rings. The van der Waals surface area contributed by atoms with Gasteiger partial charge in [0.1, 0.15) is 5.76 Å². The van der Waals surface area contributed by atoms with Crippen molar-refractivity contribution in [2.45, 2.75) is 25.4 Å². The summed E-state index contributed by atoms with van der Waals surface area (Å²) < 4.78 is 33.6. The zero-order valence-electron chi connectivity index (χ0n) is 16.3. The van der Waals surface area contributed by atoms with Crippen molar-refractivity contribution in [1.82, 2.24) is 24.1 Å². The maximum Gasteiger partial charge on any atom is 0.298 e. The topological polar surface area (TPSA) is 102 Å². The molecule has 3 heterocycles. The summed E-state index contributed by atoms with van der Waals surface area (Å²) >= 11 is 11.9. The summed E-state index contributed by atoms with van der Waals surface area (Å²) in [6.45, 7) is 5.23. The van der Waals surface area contributed by atoms with Crippen LogP contribution in [0.15, 0.2) is 32.4 Å². The fourth-order valence-corrected chi connectivity index (χ4v) is 5.34. The molecule has 30 heavy (non-hydrogen) atoms. The van der Waals surface area contributed by atoms with Gasteiger partial charge in [-0.1, -0.05) is 28.4 Å². The van der Waals surface area contributed by atoms with Crippen LogP contribution in [0.4, 0.5) is 0 Å². The molecule has 4 rings (SSSR count). The molecule has 0 N–H and O–H groups in total. The Kier molecular flexibility index (Phi) is 5.62. The molecule has 160 valence electrons. The first-order chi connectivity index (χ1) is 14.2. The molecule has 1 saturated heterocycles. The maximum atomic E-state index is 12.9. The van der Waals surface area contributed by atoms with Crippen LogP contribution in [0.3, 0.4) is 0 Å². The third-order valence-corrected chi connectivity index (χ3v) is 7.76. The smallest absolute Gasteiger partial charge is 0.298 e. The summed E-state index contributed by atoms with van der Waals surface area (Å²) in [7, 11) is -3.68. The van der Waals surface area contributed by atoms with E-state index in [0.29, 0.717) is 35.0 Å². The fraction of sp³-hybridized carbons (Fsp3) is 0.389. The van der Waals surface area contributed by atoms with Crippen LogP contribution in [-0.4, -0.2) is 58.7 Å². The van der Waals surface area contributed by atoms with Gasteiger partial charge in [-0.25, -0.2) is 13.1 Å². The standard InChI is InChI=1S/C18H19Cl2N5O4S/c1-11-16-12(2)29-22-17(16)18(26)25(21-11)10-23-5-7-24(8-6-23)30(27,28)13-3-4-14(19)15(20)9-13/h3-4,9H,5-8,10H2,1-2H3. The third kappa shape index (κ3) is 3.74. The second kappa shape index (κ2) is 7.93. The van der Waals surface area contributed by atoms with Gasteiger partial charge >= 0.3 is 0 Å². The van der Waals surface area contributed by atoms with Gasteiger partial charge in [-0.3, -0.25) is 9.69 Å². The number of fused-ring (bicyclic) bond motifs is 1. The highest BCUT2D eigenvalue weighted by molar-refractivity contribution is 7.89. The van der Waals surface area contributed by atoms with E-state index in [2.05, 4.69) is 10.3 Å². The Bertz CT molecular complexity index is 1280. The van der Waals surface area contributed by atoms with Crippen molar-refractivity contribution in [3.63, 3.8) is 0 Å². The molecule has 3 aromatic rings. The van der Waals surface area contributed by atoms with Gasteiger partial charge in [0, 0.05) is 26.2 Å². The summed E-state index contributed by atoms with van der Waals surface area (Å²) in [6.07, 6.45) is 0. The number of benzene rings is 1. The Balaban J connectivity index is 1.49. The van der Waals surface area contributed by atoms with Gasteiger partial charge in [-0.15, -0.1) is 0 Å². The molecule has 12 heteroatoms. The first-order valence-corrected chi connectivity index (χ1v) is 11.4. The highest BCUT2D eigenvalue weighted by Crippen LogP contribution is 2.27. The number of aryl methyl sites for hydroxylation is 2. The predicted octanol–water partition coefficient (Wildman–Crippen LogP) is 2.27. The lowest BCUT2D eigenvalue weighted by molar-refractivity contribution is 0.143. The molecular formula is C18H19Cl2N5O4S. The van der Waals surface area contributed by atoms with Gasteiger partial charge in [0.2, 0.25) is 10.0 Å². The normalized spacial score (nSPS) is 16.4. The quantitative estimate of drug-likeness (QED) is 0.574. The average Bonchev–Trinajstić information content (AvgIpc) is 3.10. The van der Waals surface area contributed by atoms with Gasteiger partial charge in [0.05, 0.1) is 32.7 Å². The molecule has 0 spiro atoms. The zero-order chi connectivity index (χ0) is 21.6. The predicted molar refractivity (Wildman–Crippen MR) is 112 cm³/mol. The van der Waals surface area contributed by atoms with Crippen molar-refractivity contribution in [3.05, 3.63) is 50.1 Å². The highest BCUT2D eigenvalue weighted by Gasteiger charge is 2.29. The number of aromatic nitrogens is 3. The van der Waals surface area contributed by atoms with E-state index in [9.17, 15) is 13.2 Å². The van der Waals surface area contributed by atoms with Gasteiger partial charge in [-0.05, 0) is 32.0 Å². The van der Waals surface area contributed by atoms with Crippen molar-refractivity contribution < 1.29 is 12.9 Å². The molecule has 0 saturated carbocycles. The number of piperazine rings is 1. The molecule has 0 aliphatic carbocycles. The number of halogens is 2. The minimum atomic E-state index is -3.68. The van der Waals surface area contributed by atoms with E-state index in [4.69, 9.17) is 27.7 Å². The van der Waals surface area contributed by atoms with E-state index in [1.165, 1.54) is 27.2 Å². The molecule has 0 radical (unpaired) electrons. The Hall–Kier alpha value is -1.98. The van der Waals surface area contributed by atoms with E-state index in [0.717, 1.165) is 0 Å². The maximum absolute atomic E-state index is 12.9. The lowest BCUT2D eigenvalue weighted by Gasteiger charge is -2.33. The van der Waals surface area contributed by atoms with E-state index >= 15 is 0 Å². The second-order valence-corrected chi connectivity index (χ2v) is 9.84.